The van der Waals surface area contributed by atoms with Crippen molar-refractivity contribution in [3.8, 4) is 0 Å². The molecule has 4 nitrogen and oxygen atoms in total. The minimum atomic E-state index is -0.357. The van der Waals surface area contributed by atoms with Gasteiger partial charge in [-0.05, 0) is 37.3 Å². The van der Waals surface area contributed by atoms with Gasteiger partial charge in [-0.1, -0.05) is 24.3 Å². The van der Waals surface area contributed by atoms with Gasteiger partial charge >= 0.3 is 0 Å². The van der Waals surface area contributed by atoms with Crippen molar-refractivity contribution in [1.82, 2.24) is 10.6 Å². The Bertz CT molecular complexity index is 656. The van der Waals surface area contributed by atoms with Crippen molar-refractivity contribution in [3.63, 3.8) is 0 Å². The van der Waals surface area contributed by atoms with E-state index in [2.05, 4.69) is 16.7 Å². The van der Waals surface area contributed by atoms with Gasteiger partial charge in [0, 0.05) is 24.1 Å². The van der Waals surface area contributed by atoms with Gasteiger partial charge in [-0.15, -0.1) is 0 Å². The topological polar surface area (TPSA) is 58.2 Å². The average molecular weight is 316 g/mol. The van der Waals surface area contributed by atoms with Crippen LogP contribution in [0.1, 0.15) is 37.7 Å². The van der Waals surface area contributed by atoms with Gasteiger partial charge in [0.15, 0.2) is 0 Å². The second-order valence-electron chi connectivity index (χ2n) is 6.38. The third-order valence-corrected chi connectivity index (χ3v) is 4.82. The van der Waals surface area contributed by atoms with Crippen molar-refractivity contribution >= 4 is 11.8 Å². The lowest BCUT2D eigenvalue weighted by Crippen LogP contribution is -2.48. The van der Waals surface area contributed by atoms with Crippen LogP contribution < -0.4 is 10.6 Å². The van der Waals surface area contributed by atoms with Gasteiger partial charge in [0.25, 0.3) is 0 Å². The minimum absolute atomic E-state index is 0.0359. The zero-order valence-electron chi connectivity index (χ0n) is 13.0. The summed E-state index contributed by atoms with van der Waals surface area (Å²) in [5.74, 6) is -0.498. The summed E-state index contributed by atoms with van der Waals surface area (Å²) in [7, 11) is 0. The Kier molecular flexibility index (Phi) is 4.46. The second-order valence-corrected chi connectivity index (χ2v) is 6.38. The molecule has 122 valence electrons. The van der Waals surface area contributed by atoms with E-state index in [1.165, 1.54) is 6.07 Å². The maximum atomic E-state index is 13.6. The molecule has 1 aliphatic heterocycles. The van der Waals surface area contributed by atoms with E-state index in [4.69, 9.17) is 0 Å². The summed E-state index contributed by atoms with van der Waals surface area (Å²) in [6.45, 7) is 0.492. The number of halogens is 1. The van der Waals surface area contributed by atoms with Crippen molar-refractivity contribution in [2.75, 3.05) is 6.54 Å². The third-order valence-electron chi connectivity index (χ3n) is 4.82. The molecule has 1 saturated heterocycles. The standard InChI is InChI=1S/C18H21FN2O2/c19-14-6-2-1-5-13(14)11-17(23)20-12-18-9-4-3-7-15(18)21-16(22)8-10-18/h1-2,5-7H,3-4,8-12H2,(H,20,23)(H,21,22). The van der Waals surface area contributed by atoms with Gasteiger partial charge in [0.05, 0.1) is 6.42 Å². The summed E-state index contributed by atoms with van der Waals surface area (Å²) < 4.78 is 13.6. The first-order chi connectivity index (χ1) is 11.1. The number of amides is 2. The van der Waals surface area contributed by atoms with Gasteiger partial charge in [-0.2, -0.15) is 0 Å². The van der Waals surface area contributed by atoms with E-state index >= 15 is 0 Å². The van der Waals surface area contributed by atoms with Crippen LogP contribution in [-0.4, -0.2) is 18.4 Å². The van der Waals surface area contributed by atoms with Crippen LogP contribution in [0.15, 0.2) is 36.0 Å². The van der Waals surface area contributed by atoms with Crippen molar-refractivity contribution < 1.29 is 14.0 Å². The fourth-order valence-electron chi connectivity index (χ4n) is 3.46. The molecule has 1 unspecified atom stereocenters. The molecule has 0 aromatic heterocycles. The van der Waals surface area contributed by atoms with Crippen LogP contribution in [0.5, 0.6) is 0 Å². The Morgan fingerprint density at radius 3 is 2.96 bits per heavy atom. The molecule has 2 N–H and O–H groups in total. The average Bonchev–Trinajstić information content (AvgIpc) is 2.55. The highest BCUT2D eigenvalue weighted by Crippen LogP contribution is 2.42. The molecule has 2 aliphatic rings. The van der Waals surface area contributed by atoms with E-state index in [9.17, 15) is 14.0 Å². The number of piperidine rings is 1. The number of rotatable bonds is 4. The number of benzene rings is 1. The second kappa shape index (κ2) is 6.52. The van der Waals surface area contributed by atoms with Crippen LogP contribution in [0.25, 0.3) is 0 Å². The Morgan fingerprint density at radius 2 is 2.13 bits per heavy atom. The lowest BCUT2D eigenvalue weighted by molar-refractivity contribution is -0.123. The molecule has 3 rings (SSSR count). The molecular formula is C18H21FN2O2. The Labute approximate surface area is 135 Å². The van der Waals surface area contributed by atoms with Crippen molar-refractivity contribution in [2.24, 2.45) is 5.41 Å². The molecule has 0 spiro atoms. The first-order valence-electron chi connectivity index (χ1n) is 8.10. The zero-order chi connectivity index (χ0) is 16.3. The molecule has 5 heteroatoms. The molecule has 1 aromatic carbocycles. The summed E-state index contributed by atoms with van der Waals surface area (Å²) >= 11 is 0. The largest absolute Gasteiger partial charge is 0.355 e. The number of carbonyl (C=O) groups excluding carboxylic acids is 2. The van der Waals surface area contributed by atoms with Crippen molar-refractivity contribution in [1.29, 1.82) is 0 Å². The fourth-order valence-corrected chi connectivity index (χ4v) is 3.46. The van der Waals surface area contributed by atoms with Crippen LogP contribution in [-0.2, 0) is 16.0 Å². The third kappa shape index (κ3) is 3.44. The molecule has 0 saturated carbocycles. The smallest absolute Gasteiger partial charge is 0.224 e. The number of carbonyl (C=O) groups is 2. The fraction of sp³-hybridized carbons (Fsp3) is 0.444. The van der Waals surface area contributed by atoms with E-state index < -0.39 is 0 Å². The van der Waals surface area contributed by atoms with Crippen LogP contribution in [0.4, 0.5) is 4.39 Å². The molecular weight excluding hydrogens is 295 g/mol. The highest BCUT2D eigenvalue weighted by Gasteiger charge is 2.40. The lowest BCUT2D eigenvalue weighted by atomic mass is 9.70. The summed E-state index contributed by atoms with van der Waals surface area (Å²) in [6, 6.07) is 6.32. The number of nitrogens with one attached hydrogen (secondary N) is 2. The summed E-state index contributed by atoms with van der Waals surface area (Å²) in [6.07, 6.45) is 6.32. The predicted octanol–water partition coefficient (Wildman–Crippen LogP) is 2.45. The number of hydrogen-bond acceptors (Lipinski definition) is 2. The molecule has 1 aliphatic carbocycles. The number of hydrogen-bond donors (Lipinski definition) is 2. The molecule has 2 amide bonds. The zero-order valence-corrected chi connectivity index (χ0v) is 13.0. The summed E-state index contributed by atoms with van der Waals surface area (Å²) in [5, 5.41) is 5.89. The highest BCUT2D eigenvalue weighted by atomic mass is 19.1. The van der Waals surface area contributed by atoms with E-state index in [-0.39, 0.29) is 29.5 Å². The molecule has 0 radical (unpaired) electrons. The van der Waals surface area contributed by atoms with Gasteiger partial charge in [0.2, 0.25) is 11.8 Å². The Hall–Kier alpha value is -2.17. The lowest BCUT2D eigenvalue weighted by Gasteiger charge is -2.42. The van der Waals surface area contributed by atoms with E-state index in [1.807, 2.05) is 0 Å². The van der Waals surface area contributed by atoms with E-state index in [1.54, 1.807) is 18.2 Å². The van der Waals surface area contributed by atoms with E-state index in [0.717, 1.165) is 31.4 Å². The van der Waals surface area contributed by atoms with E-state index in [0.29, 0.717) is 18.5 Å². The van der Waals surface area contributed by atoms with Crippen LogP contribution >= 0.6 is 0 Å². The van der Waals surface area contributed by atoms with Gasteiger partial charge in [-0.25, -0.2) is 4.39 Å². The summed E-state index contributed by atoms with van der Waals surface area (Å²) in [4.78, 5) is 23.8. The maximum absolute atomic E-state index is 13.6. The van der Waals surface area contributed by atoms with Gasteiger partial charge in [0.1, 0.15) is 5.82 Å². The molecule has 23 heavy (non-hydrogen) atoms. The molecule has 1 aromatic rings. The Balaban J connectivity index is 1.63. The SMILES string of the molecule is O=C(Cc1ccccc1F)NCC12CCCC=C1NC(=O)CC2. The normalized spacial score (nSPS) is 23.5. The molecule has 1 atom stereocenters. The van der Waals surface area contributed by atoms with Crippen molar-refractivity contribution in [2.45, 2.75) is 38.5 Å². The number of allylic oxidation sites excluding steroid dienone is 1. The maximum Gasteiger partial charge on any atom is 0.224 e. The highest BCUT2D eigenvalue weighted by molar-refractivity contribution is 5.80. The van der Waals surface area contributed by atoms with Crippen molar-refractivity contribution in [3.05, 3.63) is 47.4 Å². The molecule has 1 fully saturated rings. The van der Waals surface area contributed by atoms with Crippen LogP contribution in [0, 0.1) is 11.2 Å². The summed E-state index contributed by atoms with van der Waals surface area (Å²) in [5.41, 5.74) is 1.18. The first-order valence-corrected chi connectivity index (χ1v) is 8.10. The first kappa shape index (κ1) is 15.7. The van der Waals surface area contributed by atoms with Crippen LogP contribution in [0.3, 0.4) is 0 Å². The minimum Gasteiger partial charge on any atom is -0.355 e. The molecule has 1 heterocycles. The van der Waals surface area contributed by atoms with Gasteiger partial charge in [-0.3, -0.25) is 9.59 Å². The quantitative estimate of drug-likeness (QED) is 0.896. The Morgan fingerprint density at radius 1 is 1.30 bits per heavy atom. The van der Waals surface area contributed by atoms with Crippen LogP contribution in [0.2, 0.25) is 0 Å². The molecule has 0 bridgehead atoms. The van der Waals surface area contributed by atoms with Gasteiger partial charge < -0.3 is 10.6 Å². The monoisotopic (exact) mass is 316 g/mol. The number of fused-ring (bicyclic) bond motifs is 1. The predicted molar refractivity (Wildman–Crippen MR) is 84.9 cm³/mol.